The molecule has 1 heterocycles. The fourth-order valence-electron chi connectivity index (χ4n) is 3.39. The first-order valence-corrected chi connectivity index (χ1v) is 9.32. The van der Waals surface area contributed by atoms with Gasteiger partial charge in [-0.25, -0.2) is 0 Å². The Hall–Kier alpha value is -2.00. The molecule has 2 aromatic rings. The lowest BCUT2D eigenvalue weighted by Gasteiger charge is -2.31. The van der Waals surface area contributed by atoms with Crippen molar-refractivity contribution in [2.75, 3.05) is 12.9 Å². The molecule has 0 radical (unpaired) electrons. The van der Waals surface area contributed by atoms with Crippen molar-refractivity contribution in [1.82, 2.24) is 14.8 Å². The first kappa shape index (κ1) is 16.8. The molecule has 6 heteroatoms. The van der Waals surface area contributed by atoms with Crippen LogP contribution in [-0.2, 0) is 0 Å². The highest BCUT2D eigenvalue weighted by Crippen LogP contribution is 2.39. The summed E-state index contributed by atoms with van der Waals surface area (Å²) in [4.78, 5) is 0. The second-order valence-corrected chi connectivity index (χ2v) is 7.12. The van der Waals surface area contributed by atoms with Crippen LogP contribution in [0.2, 0.25) is 0 Å². The van der Waals surface area contributed by atoms with E-state index in [1.807, 2.05) is 24.3 Å². The Labute approximate surface area is 147 Å². The zero-order chi connectivity index (χ0) is 16.9. The predicted octanol–water partition coefficient (Wildman–Crippen LogP) is 4.32. The lowest BCUT2D eigenvalue weighted by Crippen LogP contribution is -2.22. The molecule has 0 bridgehead atoms. The van der Waals surface area contributed by atoms with Gasteiger partial charge in [-0.05, 0) is 43.0 Å². The monoisotopic (exact) mass is 342 g/mol. The highest BCUT2D eigenvalue weighted by atomic mass is 32.2. The van der Waals surface area contributed by atoms with E-state index in [1.165, 1.54) is 31.0 Å². The molecule has 0 unspecified atom stereocenters. The van der Waals surface area contributed by atoms with Crippen LogP contribution in [0.4, 0.5) is 0 Å². The number of hydrogen-bond donors (Lipinski definition) is 0. The molecule has 3 rings (SSSR count). The van der Waals surface area contributed by atoms with Crippen LogP contribution in [0.25, 0.3) is 11.4 Å². The van der Waals surface area contributed by atoms with E-state index >= 15 is 0 Å². The SMILES string of the molecule is COc1ccc(-c2nnc(SCC#N)n2[C@@H]2CCCC[C@@H]2C)cc1. The number of thioether (sulfide) groups is 1. The van der Waals surface area contributed by atoms with Gasteiger partial charge >= 0.3 is 0 Å². The molecular formula is C18H22N4OS. The molecule has 0 aliphatic heterocycles. The Bertz CT molecular complexity index is 720. The van der Waals surface area contributed by atoms with Crippen LogP contribution in [0, 0.1) is 17.2 Å². The van der Waals surface area contributed by atoms with Gasteiger partial charge in [-0.15, -0.1) is 10.2 Å². The number of ether oxygens (including phenoxy) is 1. The molecule has 1 fully saturated rings. The third-order valence-electron chi connectivity index (χ3n) is 4.68. The molecule has 126 valence electrons. The van der Waals surface area contributed by atoms with E-state index < -0.39 is 0 Å². The second-order valence-electron chi connectivity index (χ2n) is 6.18. The number of hydrogen-bond acceptors (Lipinski definition) is 5. The highest BCUT2D eigenvalue weighted by molar-refractivity contribution is 7.99. The standard InChI is InChI=1S/C18H22N4OS/c1-13-5-3-4-6-16(13)22-17(20-21-18(22)24-12-11-19)14-7-9-15(23-2)10-8-14/h7-10,13,16H,3-6,12H2,1-2H3/t13-,16+/m0/s1. The molecule has 1 aliphatic rings. The van der Waals surface area contributed by atoms with E-state index in [0.717, 1.165) is 28.7 Å². The summed E-state index contributed by atoms with van der Waals surface area (Å²) in [5.74, 6) is 2.70. The molecular weight excluding hydrogens is 320 g/mol. The van der Waals surface area contributed by atoms with E-state index in [9.17, 15) is 0 Å². The van der Waals surface area contributed by atoms with Gasteiger partial charge in [-0.3, -0.25) is 4.57 Å². The van der Waals surface area contributed by atoms with Crippen molar-refractivity contribution in [3.63, 3.8) is 0 Å². The van der Waals surface area contributed by atoms with Crippen molar-refractivity contribution in [3.8, 4) is 23.2 Å². The minimum atomic E-state index is 0.391. The number of nitriles is 1. The molecule has 1 saturated carbocycles. The molecule has 5 nitrogen and oxygen atoms in total. The summed E-state index contributed by atoms with van der Waals surface area (Å²) in [7, 11) is 1.66. The van der Waals surface area contributed by atoms with E-state index in [2.05, 4.69) is 27.8 Å². The van der Waals surface area contributed by atoms with Crippen molar-refractivity contribution in [2.24, 2.45) is 5.92 Å². The zero-order valence-corrected chi connectivity index (χ0v) is 14.9. The Kier molecular flexibility index (Phi) is 5.41. The van der Waals surface area contributed by atoms with Crippen LogP contribution in [0.3, 0.4) is 0 Å². The summed E-state index contributed by atoms with van der Waals surface area (Å²) >= 11 is 1.47. The maximum absolute atomic E-state index is 8.92. The third kappa shape index (κ3) is 3.41. The van der Waals surface area contributed by atoms with Gasteiger partial charge in [0.25, 0.3) is 0 Å². The Balaban J connectivity index is 2.01. The fourth-order valence-corrected chi connectivity index (χ4v) is 4.04. The number of aromatic nitrogens is 3. The summed E-state index contributed by atoms with van der Waals surface area (Å²) < 4.78 is 7.50. The minimum Gasteiger partial charge on any atom is -0.497 e. The van der Waals surface area contributed by atoms with Crippen LogP contribution < -0.4 is 4.74 Å². The summed E-state index contributed by atoms with van der Waals surface area (Å²) in [6.07, 6.45) is 4.89. The first-order valence-electron chi connectivity index (χ1n) is 8.33. The number of nitrogens with zero attached hydrogens (tertiary/aromatic N) is 4. The lowest BCUT2D eigenvalue weighted by atomic mass is 9.85. The van der Waals surface area contributed by atoms with Crippen molar-refractivity contribution in [1.29, 1.82) is 5.26 Å². The van der Waals surface area contributed by atoms with Gasteiger partial charge in [-0.2, -0.15) is 5.26 Å². The summed E-state index contributed by atoms with van der Waals surface area (Å²) in [5.41, 5.74) is 1.03. The number of benzene rings is 1. The smallest absolute Gasteiger partial charge is 0.192 e. The van der Waals surface area contributed by atoms with Gasteiger partial charge in [0.05, 0.1) is 18.9 Å². The van der Waals surface area contributed by atoms with Crippen molar-refractivity contribution in [2.45, 2.75) is 43.8 Å². The Morgan fingerprint density at radius 1 is 1.25 bits per heavy atom. The van der Waals surface area contributed by atoms with Gasteiger partial charge in [0.1, 0.15) is 5.75 Å². The summed E-state index contributed by atoms with van der Waals surface area (Å²) in [5, 5.41) is 18.6. The van der Waals surface area contributed by atoms with E-state index in [-0.39, 0.29) is 0 Å². The summed E-state index contributed by atoms with van der Waals surface area (Å²) in [6, 6.07) is 10.5. The normalized spacial score (nSPS) is 20.5. The zero-order valence-electron chi connectivity index (χ0n) is 14.1. The van der Waals surface area contributed by atoms with Crippen LogP contribution in [0.1, 0.15) is 38.6 Å². The van der Waals surface area contributed by atoms with E-state index in [4.69, 9.17) is 10.00 Å². The van der Waals surface area contributed by atoms with Crippen molar-refractivity contribution >= 4 is 11.8 Å². The van der Waals surface area contributed by atoms with Crippen LogP contribution >= 0.6 is 11.8 Å². The van der Waals surface area contributed by atoms with E-state index in [1.54, 1.807) is 7.11 Å². The summed E-state index contributed by atoms with van der Waals surface area (Å²) in [6.45, 7) is 2.31. The molecule has 0 spiro atoms. The third-order valence-corrected chi connectivity index (χ3v) is 5.49. The van der Waals surface area contributed by atoms with Crippen LogP contribution in [0.5, 0.6) is 5.75 Å². The van der Waals surface area contributed by atoms with E-state index in [0.29, 0.717) is 17.7 Å². The van der Waals surface area contributed by atoms with Crippen LogP contribution in [-0.4, -0.2) is 27.6 Å². The molecule has 0 saturated heterocycles. The second kappa shape index (κ2) is 7.71. The maximum atomic E-state index is 8.92. The number of methoxy groups -OCH3 is 1. The maximum Gasteiger partial charge on any atom is 0.192 e. The van der Waals surface area contributed by atoms with Gasteiger partial charge < -0.3 is 4.74 Å². The van der Waals surface area contributed by atoms with Crippen molar-refractivity contribution in [3.05, 3.63) is 24.3 Å². The van der Waals surface area contributed by atoms with Crippen LogP contribution in [0.15, 0.2) is 29.4 Å². The van der Waals surface area contributed by atoms with Gasteiger partial charge in [0.15, 0.2) is 11.0 Å². The average molecular weight is 342 g/mol. The molecule has 1 aliphatic carbocycles. The van der Waals surface area contributed by atoms with Gasteiger partial charge in [0.2, 0.25) is 0 Å². The first-order chi connectivity index (χ1) is 11.7. The van der Waals surface area contributed by atoms with Gasteiger partial charge in [0, 0.05) is 11.6 Å². The Morgan fingerprint density at radius 2 is 2.00 bits per heavy atom. The van der Waals surface area contributed by atoms with Crippen molar-refractivity contribution < 1.29 is 4.74 Å². The predicted molar refractivity (Wildman–Crippen MR) is 95.0 cm³/mol. The lowest BCUT2D eigenvalue weighted by molar-refractivity contribution is 0.247. The fraction of sp³-hybridized carbons (Fsp3) is 0.500. The quantitative estimate of drug-likeness (QED) is 0.757. The largest absolute Gasteiger partial charge is 0.497 e. The average Bonchev–Trinajstić information content (AvgIpc) is 3.04. The molecule has 24 heavy (non-hydrogen) atoms. The molecule has 0 N–H and O–H groups in total. The molecule has 0 amide bonds. The topological polar surface area (TPSA) is 63.7 Å². The van der Waals surface area contributed by atoms with Gasteiger partial charge in [-0.1, -0.05) is 31.5 Å². The highest BCUT2D eigenvalue weighted by Gasteiger charge is 2.28. The number of rotatable bonds is 5. The minimum absolute atomic E-state index is 0.391. The molecule has 1 aromatic heterocycles. The molecule has 2 atom stereocenters. The molecule has 1 aromatic carbocycles. The Morgan fingerprint density at radius 3 is 2.67 bits per heavy atom.